The molecule has 0 radical (unpaired) electrons. The Bertz CT molecular complexity index is 1870. The summed E-state index contributed by atoms with van der Waals surface area (Å²) >= 11 is 6.56. The van der Waals surface area contributed by atoms with Crippen LogP contribution in [0.25, 0.3) is 22.0 Å². The lowest BCUT2D eigenvalue weighted by Crippen LogP contribution is -2.40. The van der Waals surface area contributed by atoms with E-state index in [1.807, 2.05) is 66.7 Å². The van der Waals surface area contributed by atoms with Crippen molar-refractivity contribution >= 4 is 56.4 Å². The number of hydrogen-bond acceptors (Lipinski definition) is 8. The summed E-state index contributed by atoms with van der Waals surface area (Å²) in [6, 6.07) is 25.9. The van der Waals surface area contributed by atoms with Crippen molar-refractivity contribution in [2.75, 3.05) is 38.7 Å². The molecule has 1 N–H and O–H groups in total. The maximum absolute atomic E-state index is 13.0. The molecule has 44 heavy (non-hydrogen) atoms. The van der Waals surface area contributed by atoms with E-state index in [2.05, 4.69) is 15.3 Å². The number of fused-ring (bicyclic) bond motifs is 1. The minimum Gasteiger partial charge on any atom is -0.497 e. The van der Waals surface area contributed by atoms with Crippen LogP contribution in [0.2, 0.25) is 5.02 Å². The van der Waals surface area contributed by atoms with Gasteiger partial charge < -0.3 is 19.5 Å². The quantitative estimate of drug-likeness (QED) is 0.187. The normalized spacial score (nSPS) is 13.7. The fourth-order valence-electron chi connectivity index (χ4n) is 4.85. The molecular weight excluding hydrogens is 623 g/mol. The molecular formula is C32H30Cl2N4O5S. The molecule has 228 valence electrons. The summed E-state index contributed by atoms with van der Waals surface area (Å²) in [5.41, 5.74) is 4.24. The van der Waals surface area contributed by atoms with Gasteiger partial charge in [-0.25, -0.2) is 18.4 Å². The molecule has 0 bridgehead atoms. The van der Waals surface area contributed by atoms with E-state index in [-0.39, 0.29) is 17.3 Å². The molecule has 4 aromatic carbocycles. The lowest BCUT2D eigenvalue weighted by Gasteiger charge is -2.26. The number of methoxy groups -OCH3 is 1. The Labute approximate surface area is 267 Å². The van der Waals surface area contributed by atoms with E-state index in [1.54, 1.807) is 25.3 Å². The summed E-state index contributed by atoms with van der Waals surface area (Å²) in [7, 11) is -1.94. The smallest absolute Gasteiger partial charge is 0.243 e. The third-order valence-electron chi connectivity index (χ3n) is 7.15. The summed E-state index contributed by atoms with van der Waals surface area (Å²) in [5, 5.41) is 4.61. The van der Waals surface area contributed by atoms with E-state index in [4.69, 9.17) is 25.8 Å². The highest BCUT2D eigenvalue weighted by atomic mass is 35.5. The van der Waals surface area contributed by atoms with Gasteiger partial charge in [-0.3, -0.25) is 0 Å². The highest BCUT2D eigenvalue weighted by Gasteiger charge is 2.26. The molecule has 0 atom stereocenters. The Hall–Kier alpha value is -3.93. The summed E-state index contributed by atoms with van der Waals surface area (Å²) in [5.74, 6) is 1.93. The molecule has 0 spiro atoms. The van der Waals surface area contributed by atoms with E-state index in [1.165, 1.54) is 10.6 Å². The van der Waals surface area contributed by atoms with Crippen LogP contribution in [0.4, 0.5) is 11.5 Å². The first-order valence-electron chi connectivity index (χ1n) is 13.7. The van der Waals surface area contributed by atoms with E-state index in [9.17, 15) is 8.42 Å². The second-order valence-corrected chi connectivity index (χ2v) is 12.3. The fourth-order valence-corrected chi connectivity index (χ4v) is 6.49. The molecule has 1 fully saturated rings. The van der Waals surface area contributed by atoms with Gasteiger partial charge >= 0.3 is 0 Å². The average Bonchev–Trinajstić information content (AvgIpc) is 3.05. The number of sulfonamides is 1. The van der Waals surface area contributed by atoms with Gasteiger partial charge in [-0.1, -0.05) is 41.9 Å². The molecule has 1 aromatic heterocycles. The average molecular weight is 654 g/mol. The van der Waals surface area contributed by atoms with E-state index >= 15 is 0 Å². The lowest BCUT2D eigenvalue weighted by molar-refractivity contribution is 0.0730. The van der Waals surface area contributed by atoms with E-state index in [0.29, 0.717) is 49.5 Å². The number of benzene rings is 4. The number of halogens is 2. The third kappa shape index (κ3) is 6.90. The van der Waals surface area contributed by atoms with Crippen LogP contribution in [0, 0.1) is 0 Å². The van der Waals surface area contributed by atoms with Gasteiger partial charge in [-0.2, -0.15) is 4.31 Å². The zero-order chi connectivity index (χ0) is 29.8. The van der Waals surface area contributed by atoms with Crippen molar-refractivity contribution in [2.45, 2.75) is 11.5 Å². The Morgan fingerprint density at radius 1 is 0.932 bits per heavy atom. The molecule has 1 saturated heterocycles. The van der Waals surface area contributed by atoms with Gasteiger partial charge in [0.05, 0.1) is 35.8 Å². The zero-order valence-corrected chi connectivity index (χ0v) is 26.2. The minimum atomic E-state index is -3.57. The molecule has 5 aromatic rings. The monoisotopic (exact) mass is 652 g/mol. The maximum Gasteiger partial charge on any atom is 0.243 e. The maximum atomic E-state index is 13.0. The molecule has 1 aliphatic heterocycles. The van der Waals surface area contributed by atoms with E-state index < -0.39 is 10.0 Å². The summed E-state index contributed by atoms with van der Waals surface area (Å²) < 4.78 is 44.0. The van der Waals surface area contributed by atoms with Gasteiger partial charge in [-0.15, -0.1) is 12.4 Å². The molecule has 9 nitrogen and oxygen atoms in total. The third-order valence-corrected chi connectivity index (χ3v) is 9.36. The van der Waals surface area contributed by atoms with Gasteiger partial charge in [0.25, 0.3) is 0 Å². The second-order valence-electron chi connectivity index (χ2n) is 9.91. The number of nitrogens with zero attached hydrogens (tertiary/aromatic N) is 3. The zero-order valence-electron chi connectivity index (χ0n) is 23.8. The van der Waals surface area contributed by atoms with Crippen molar-refractivity contribution in [1.29, 1.82) is 0 Å². The van der Waals surface area contributed by atoms with Crippen molar-refractivity contribution in [3.63, 3.8) is 0 Å². The molecule has 1 aliphatic rings. The Morgan fingerprint density at radius 3 is 2.45 bits per heavy atom. The topological polar surface area (TPSA) is 103 Å². The number of rotatable bonds is 9. The van der Waals surface area contributed by atoms with Crippen LogP contribution in [-0.4, -0.2) is 56.1 Å². The van der Waals surface area contributed by atoms with Crippen LogP contribution in [0.15, 0.2) is 96.2 Å². The van der Waals surface area contributed by atoms with Crippen molar-refractivity contribution in [2.24, 2.45) is 0 Å². The summed E-state index contributed by atoms with van der Waals surface area (Å²) in [4.78, 5) is 9.15. The van der Waals surface area contributed by atoms with Crippen molar-refractivity contribution < 1.29 is 22.6 Å². The van der Waals surface area contributed by atoms with Gasteiger partial charge in [0.2, 0.25) is 10.0 Å². The van der Waals surface area contributed by atoms with Crippen LogP contribution < -0.4 is 14.8 Å². The Kier molecular flexibility index (Phi) is 9.87. The standard InChI is InChI=1S/C32H29ClN4O5S.ClH/c1-40-26-4-2-3-22(17-26)20-42-31-12-8-25(19-29(31)33)36-32-28-18-24(7-11-30(28)34-21-35-32)23-5-9-27(10-6-23)43(38,39)37-13-15-41-16-14-37;/h2-12,17-19,21H,13-16,20H2,1H3,(H,34,35,36);1H. The molecule has 0 unspecified atom stereocenters. The highest BCUT2D eigenvalue weighted by molar-refractivity contribution is 7.89. The summed E-state index contributed by atoms with van der Waals surface area (Å²) in [6.07, 6.45) is 1.50. The predicted octanol–water partition coefficient (Wildman–Crippen LogP) is 6.72. The van der Waals surface area contributed by atoms with E-state index in [0.717, 1.165) is 39.0 Å². The molecule has 2 heterocycles. The fraction of sp³-hybridized carbons (Fsp3) is 0.188. The first-order valence-corrected chi connectivity index (χ1v) is 15.5. The second kappa shape index (κ2) is 13.8. The minimum absolute atomic E-state index is 0. The van der Waals surface area contributed by atoms with Crippen LogP contribution in [0.3, 0.4) is 0 Å². The number of aromatic nitrogens is 2. The highest BCUT2D eigenvalue weighted by Crippen LogP contribution is 2.33. The molecule has 0 amide bonds. The van der Waals surface area contributed by atoms with Crippen LogP contribution in [0.1, 0.15) is 5.56 Å². The van der Waals surface area contributed by atoms with Crippen molar-refractivity contribution in [1.82, 2.24) is 14.3 Å². The van der Waals surface area contributed by atoms with Crippen molar-refractivity contribution in [3.05, 3.63) is 102 Å². The summed E-state index contributed by atoms with van der Waals surface area (Å²) in [6.45, 7) is 1.87. The van der Waals surface area contributed by atoms with Gasteiger partial charge in [-0.05, 0) is 71.3 Å². The van der Waals surface area contributed by atoms with Gasteiger partial charge in [0.1, 0.15) is 30.3 Å². The number of hydrogen-bond donors (Lipinski definition) is 1. The van der Waals surface area contributed by atoms with Gasteiger partial charge in [0.15, 0.2) is 0 Å². The first-order chi connectivity index (χ1) is 20.9. The predicted molar refractivity (Wildman–Crippen MR) is 174 cm³/mol. The van der Waals surface area contributed by atoms with Gasteiger partial charge in [0, 0.05) is 24.2 Å². The van der Waals surface area contributed by atoms with Crippen LogP contribution in [-0.2, 0) is 21.4 Å². The number of morpholine rings is 1. The lowest BCUT2D eigenvalue weighted by atomic mass is 10.0. The molecule has 12 heteroatoms. The largest absolute Gasteiger partial charge is 0.497 e. The van der Waals surface area contributed by atoms with Crippen molar-refractivity contribution in [3.8, 4) is 22.6 Å². The molecule has 0 aliphatic carbocycles. The Morgan fingerprint density at radius 2 is 1.70 bits per heavy atom. The Balaban J connectivity index is 0.00000384. The van der Waals surface area contributed by atoms with Crippen LogP contribution in [0.5, 0.6) is 11.5 Å². The number of anilines is 2. The molecule has 0 saturated carbocycles. The number of ether oxygens (including phenoxy) is 3. The number of nitrogens with one attached hydrogen (secondary N) is 1. The van der Waals surface area contributed by atoms with Crippen LogP contribution >= 0.6 is 24.0 Å². The SMILES string of the molecule is COc1cccc(COc2ccc(Nc3ncnc4ccc(-c5ccc(S(=O)(=O)N6CCOCC6)cc5)cc34)cc2Cl)c1.Cl. The first kappa shape index (κ1) is 31.5. The molecule has 6 rings (SSSR count).